The highest BCUT2D eigenvalue weighted by Crippen LogP contribution is 2.26. The van der Waals surface area contributed by atoms with E-state index in [0.717, 1.165) is 18.6 Å². The second kappa shape index (κ2) is 8.49. The molecule has 2 aromatic heterocycles. The standard InChI is InChI=1S/C21H22N2O4/c1-3-4-11-22-20(24)13-26-21(25)16-12-18(19-10-9-14(2)27-19)23-17-8-6-5-7-15(16)17/h5-10,12H,3-4,11,13H2,1-2H3,(H,22,24). The van der Waals surface area contributed by atoms with Crippen LogP contribution in [0, 0.1) is 6.92 Å². The van der Waals surface area contributed by atoms with Gasteiger partial charge in [-0.05, 0) is 37.6 Å². The number of unbranched alkanes of at least 4 members (excludes halogenated alkanes) is 1. The van der Waals surface area contributed by atoms with E-state index in [2.05, 4.69) is 10.3 Å². The minimum Gasteiger partial charge on any atom is -0.460 e. The molecule has 0 aliphatic rings. The summed E-state index contributed by atoms with van der Waals surface area (Å²) in [5.41, 5.74) is 1.55. The van der Waals surface area contributed by atoms with E-state index in [-0.39, 0.29) is 12.5 Å². The number of aromatic nitrogens is 1. The summed E-state index contributed by atoms with van der Waals surface area (Å²) in [6.07, 6.45) is 1.87. The Morgan fingerprint density at radius 2 is 2.00 bits per heavy atom. The first kappa shape index (κ1) is 18.6. The maximum atomic E-state index is 12.6. The number of carbonyl (C=O) groups is 2. The zero-order valence-electron chi connectivity index (χ0n) is 15.5. The minimum absolute atomic E-state index is 0.308. The van der Waals surface area contributed by atoms with E-state index in [4.69, 9.17) is 9.15 Å². The average molecular weight is 366 g/mol. The zero-order chi connectivity index (χ0) is 19.2. The van der Waals surface area contributed by atoms with Crippen LogP contribution in [0.3, 0.4) is 0 Å². The number of ether oxygens (including phenoxy) is 1. The number of aryl methyl sites for hydroxylation is 1. The zero-order valence-corrected chi connectivity index (χ0v) is 15.5. The Bertz CT molecular complexity index is 962. The summed E-state index contributed by atoms with van der Waals surface area (Å²) < 4.78 is 10.8. The third-order valence-corrected chi connectivity index (χ3v) is 4.12. The fraction of sp³-hybridized carbons (Fsp3) is 0.286. The Labute approximate surface area is 157 Å². The molecule has 0 saturated heterocycles. The van der Waals surface area contributed by atoms with E-state index < -0.39 is 5.97 Å². The summed E-state index contributed by atoms with van der Waals surface area (Å²) in [6.45, 7) is 4.15. The summed E-state index contributed by atoms with van der Waals surface area (Å²) in [6, 6.07) is 12.6. The summed E-state index contributed by atoms with van der Waals surface area (Å²) in [5.74, 6) is 0.457. The number of benzene rings is 1. The average Bonchev–Trinajstić information content (AvgIpc) is 3.12. The van der Waals surface area contributed by atoms with Gasteiger partial charge in [-0.2, -0.15) is 0 Å². The molecule has 6 nitrogen and oxygen atoms in total. The molecule has 0 unspecified atom stereocenters. The molecule has 6 heteroatoms. The molecular weight excluding hydrogens is 344 g/mol. The van der Waals surface area contributed by atoms with Crippen molar-refractivity contribution in [3.8, 4) is 11.5 Å². The molecule has 0 bridgehead atoms. The molecule has 3 aromatic rings. The number of hydrogen-bond donors (Lipinski definition) is 1. The van der Waals surface area contributed by atoms with Gasteiger partial charge in [0.2, 0.25) is 0 Å². The number of para-hydroxylation sites is 1. The van der Waals surface area contributed by atoms with Gasteiger partial charge in [0.05, 0.1) is 11.1 Å². The highest BCUT2D eigenvalue weighted by atomic mass is 16.5. The van der Waals surface area contributed by atoms with E-state index in [1.807, 2.05) is 44.2 Å². The largest absolute Gasteiger partial charge is 0.460 e. The van der Waals surface area contributed by atoms with Crippen LogP contribution in [-0.2, 0) is 9.53 Å². The molecule has 0 aliphatic carbocycles. The molecular formula is C21H22N2O4. The van der Waals surface area contributed by atoms with Gasteiger partial charge < -0.3 is 14.5 Å². The van der Waals surface area contributed by atoms with Crippen molar-refractivity contribution in [3.63, 3.8) is 0 Å². The predicted molar refractivity (Wildman–Crippen MR) is 102 cm³/mol. The van der Waals surface area contributed by atoms with Gasteiger partial charge in [0.15, 0.2) is 12.4 Å². The Kier molecular flexibility index (Phi) is 5.86. The van der Waals surface area contributed by atoms with Gasteiger partial charge in [-0.1, -0.05) is 31.5 Å². The third-order valence-electron chi connectivity index (χ3n) is 4.12. The first-order valence-electron chi connectivity index (χ1n) is 8.99. The molecule has 1 aromatic carbocycles. The summed E-state index contributed by atoms with van der Waals surface area (Å²) in [4.78, 5) is 29.0. The van der Waals surface area contributed by atoms with Crippen LogP contribution >= 0.6 is 0 Å². The van der Waals surface area contributed by atoms with Gasteiger partial charge >= 0.3 is 5.97 Å². The lowest BCUT2D eigenvalue weighted by atomic mass is 10.1. The monoisotopic (exact) mass is 366 g/mol. The van der Waals surface area contributed by atoms with Crippen LogP contribution in [0.25, 0.3) is 22.4 Å². The minimum atomic E-state index is -0.566. The number of pyridine rings is 1. The molecule has 1 N–H and O–H groups in total. The number of nitrogens with zero attached hydrogens (tertiary/aromatic N) is 1. The highest BCUT2D eigenvalue weighted by molar-refractivity contribution is 6.05. The SMILES string of the molecule is CCCCNC(=O)COC(=O)c1cc(-c2ccc(C)o2)nc2ccccc12. The maximum Gasteiger partial charge on any atom is 0.339 e. The van der Waals surface area contributed by atoms with Crippen LogP contribution < -0.4 is 5.32 Å². The Hall–Kier alpha value is -3.15. The normalized spacial score (nSPS) is 10.7. The summed E-state index contributed by atoms with van der Waals surface area (Å²) in [7, 11) is 0. The van der Waals surface area contributed by atoms with Crippen molar-refractivity contribution in [2.24, 2.45) is 0 Å². The van der Waals surface area contributed by atoms with Crippen molar-refractivity contribution in [1.29, 1.82) is 0 Å². The number of fused-ring (bicyclic) bond motifs is 1. The topological polar surface area (TPSA) is 81.4 Å². The van der Waals surface area contributed by atoms with Crippen molar-refractivity contribution < 1.29 is 18.7 Å². The van der Waals surface area contributed by atoms with E-state index in [1.165, 1.54) is 0 Å². The third kappa shape index (κ3) is 4.53. The fourth-order valence-electron chi connectivity index (χ4n) is 2.71. The van der Waals surface area contributed by atoms with Crippen LogP contribution in [0.1, 0.15) is 35.9 Å². The molecule has 0 fully saturated rings. The molecule has 140 valence electrons. The smallest absolute Gasteiger partial charge is 0.339 e. The fourth-order valence-corrected chi connectivity index (χ4v) is 2.71. The van der Waals surface area contributed by atoms with E-state index in [1.54, 1.807) is 12.1 Å². The van der Waals surface area contributed by atoms with Crippen LogP contribution in [0.15, 0.2) is 46.9 Å². The second-order valence-electron chi connectivity index (χ2n) is 6.26. The van der Waals surface area contributed by atoms with E-state index in [0.29, 0.717) is 34.5 Å². The quantitative estimate of drug-likeness (QED) is 0.507. The van der Waals surface area contributed by atoms with Crippen molar-refractivity contribution >= 4 is 22.8 Å². The second-order valence-corrected chi connectivity index (χ2v) is 6.26. The van der Waals surface area contributed by atoms with E-state index in [9.17, 15) is 9.59 Å². The predicted octanol–water partition coefficient (Wildman–Crippen LogP) is 3.88. The molecule has 1 amide bonds. The van der Waals surface area contributed by atoms with Gasteiger partial charge in [-0.25, -0.2) is 9.78 Å². The number of carbonyl (C=O) groups excluding carboxylic acids is 2. The van der Waals surface area contributed by atoms with Gasteiger partial charge in [-0.3, -0.25) is 4.79 Å². The Morgan fingerprint density at radius 3 is 2.74 bits per heavy atom. The van der Waals surface area contributed by atoms with Crippen LogP contribution in [-0.4, -0.2) is 30.0 Å². The van der Waals surface area contributed by atoms with Crippen molar-refractivity contribution in [2.75, 3.05) is 13.2 Å². The number of hydrogen-bond acceptors (Lipinski definition) is 5. The molecule has 0 radical (unpaired) electrons. The number of rotatable bonds is 7. The maximum absolute atomic E-state index is 12.6. The Morgan fingerprint density at radius 1 is 1.19 bits per heavy atom. The Balaban J connectivity index is 1.84. The van der Waals surface area contributed by atoms with Crippen LogP contribution in [0.5, 0.6) is 0 Å². The van der Waals surface area contributed by atoms with Gasteiger partial charge in [0.1, 0.15) is 11.5 Å². The number of nitrogens with one attached hydrogen (secondary N) is 1. The molecule has 3 rings (SSSR count). The number of esters is 1. The molecule has 27 heavy (non-hydrogen) atoms. The lowest BCUT2D eigenvalue weighted by Crippen LogP contribution is -2.29. The lowest BCUT2D eigenvalue weighted by Gasteiger charge is -2.09. The number of furan rings is 1. The van der Waals surface area contributed by atoms with Crippen LogP contribution in [0.4, 0.5) is 0 Å². The van der Waals surface area contributed by atoms with Gasteiger partial charge in [-0.15, -0.1) is 0 Å². The first-order chi connectivity index (χ1) is 13.1. The first-order valence-corrected chi connectivity index (χ1v) is 8.99. The lowest BCUT2D eigenvalue weighted by molar-refractivity contribution is -0.124. The van der Waals surface area contributed by atoms with E-state index >= 15 is 0 Å². The van der Waals surface area contributed by atoms with Gasteiger partial charge in [0, 0.05) is 11.9 Å². The summed E-state index contributed by atoms with van der Waals surface area (Å²) >= 11 is 0. The molecule has 0 atom stereocenters. The summed E-state index contributed by atoms with van der Waals surface area (Å²) in [5, 5.41) is 3.39. The van der Waals surface area contributed by atoms with Crippen LogP contribution in [0.2, 0.25) is 0 Å². The van der Waals surface area contributed by atoms with Crippen molar-refractivity contribution in [1.82, 2.24) is 10.3 Å². The number of amides is 1. The van der Waals surface area contributed by atoms with Crippen molar-refractivity contribution in [3.05, 3.63) is 53.8 Å². The molecule has 2 heterocycles. The highest BCUT2D eigenvalue weighted by Gasteiger charge is 2.17. The molecule has 0 spiro atoms. The molecule has 0 aliphatic heterocycles. The van der Waals surface area contributed by atoms with Gasteiger partial charge in [0.25, 0.3) is 5.91 Å². The van der Waals surface area contributed by atoms with Crippen molar-refractivity contribution in [2.45, 2.75) is 26.7 Å². The molecule has 0 saturated carbocycles.